The molecule has 1 aliphatic heterocycles. The van der Waals surface area contributed by atoms with Gasteiger partial charge in [0.25, 0.3) is 11.8 Å². The maximum absolute atomic E-state index is 12.5. The Morgan fingerprint density at radius 2 is 1.97 bits per heavy atom. The highest BCUT2D eigenvalue weighted by Crippen LogP contribution is 2.22. The molecule has 3 rings (SSSR count). The summed E-state index contributed by atoms with van der Waals surface area (Å²) in [4.78, 5) is 51.0. The largest absolute Gasteiger partial charge is 0.437 e. The van der Waals surface area contributed by atoms with Crippen LogP contribution in [0, 0.1) is 5.92 Å². The van der Waals surface area contributed by atoms with Crippen molar-refractivity contribution >= 4 is 29.0 Å². The van der Waals surface area contributed by atoms with Crippen molar-refractivity contribution in [3.63, 3.8) is 0 Å². The van der Waals surface area contributed by atoms with E-state index in [1.165, 1.54) is 13.0 Å². The fourth-order valence-electron chi connectivity index (χ4n) is 3.60. The van der Waals surface area contributed by atoms with Gasteiger partial charge < -0.3 is 25.1 Å². The minimum Gasteiger partial charge on any atom is -0.437 e. The lowest BCUT2D eigenvalue weighted by atomic mass is 9.90. The first-order valence-corrected chi connectivity index (χ1v) is 9.43. The van der Waals surface area contributed by atoms with Gasteiger partial charge in [-0.2, -0.15) is 0 Å². The van der Waals surface area contributed by atoms with Gasteiger partial charge in [0, 0.05) is 24.7 Å². The Labute approximate surface area is 166 Å². The molecule has 1 aromatic carbocycles. The van der Waals surface area contributed by atoms with Crippen LogP contribution in [0.1, 0.15) is 37.0 Å². The number of aromatic amines is 1. The molecule has 0 saturated carbocycles. The van der Waals surface area contributed by atoms with Crippen LogP contribution in [0.2, 0.25) is 0 Å². The number of H-pyrrole nitrogens is 1. The smallest absolute Gasteiger partial charge is 0.417 e. The Hall–Kier alpha value is -3.30. The summed E-state index contributed by atoms with van der Waals surface area (Å²) < 4.78 is 9.72. The predicted octanol–water partition coefficient (Wildman–Crippen LogP) is 0.962. The lowest BCUT2D eigenvalue weighted by Gasteiger charge is -2.36. The zero-order valence-corrected chi connectivity index (χ0v) is 16.3. The first kappa shape index (κ1) is 20.4. The molecule has 2 unspecified atom stereocenters. The summed E-state index contributed by atoms with van der Waals surface area (Å²) in [6.07, 6.45) is -0.469. The summed E-state index contributed by atoms with van der Waals surface area (Å²) in [5.41, 5.74) is 6.22. The first-order valence-electron chi connectivity index (χ1n) is 9.43. The summed E-state index contributed by atoms with van der Waals surface area (Å²) in [6, 6.07) is 4.67. The van der Waals surface area contributed by atoms with E-state index >= 15 is 0 Å². The monoisotopic (exact) mass is 404 g/mol. The minimum absolute atomic E-state index is 0.104. The number of primary amides is 1. The number of hydrogen-bond acceptors (Lipinski definition) is 6. The maximum Gasteiger partial charge on any atom is 0.417 e. The van der Waals surface area contributed by atoms with E-state index in [0.717, 1.165) is 0 Å². The third-order valence-corrected chi connectivity index (χ3v) is 5.24. The summed E-state index contributed by atoms with van der Waals surface area (Å²) in [6.45, 7) is 4.44. The Kier molecular flexibility index (Phi) is 5.90. The third kappa shape index (κ3) is 4.76. The van der Waals surface area contributed by atoms with Crippen molar-refractivity contribution in [2.45, 2.75) is 38.8 Å². The predicted molar refractivity (Wildman–Crippen MR) is 103 cm³/mol. The van der Waals surface area contributed by atoms with Crippen LogP contribution in [-0.4, -0.2) is 53.0 Å². The van der Waals surface area contributed by atoms with Crippen molar-refractivity contribution in [3.05, 3.63) is 34.3 Å². The summed E-state index contributed by atoms with van der Waals surface area (Å²) in [5.74, 6) is -0.905. The molecule has 2 atom stereocenters. The van der Waals surface area contributed by atoms with Crippen LogP contribution in [0.15, 0.2) is 27.4 Å². The standard InChI is InChI=1S/C19H24N4O6/c1-10(12-5-7-23(8-6-12)17(25)11(2)28-18(20)26)21-16(24)13-3-4-14-15(9-13)29-19(27)22-14/h3-4,9-12H,5-8H2,1-2H3,(H2,20,26)(H,21,24)(H,22,27). The van der Waals surface area contributed by atoms with E-state index < -0.39 is 18.0 Å². The molecular formula is C19H24N4O6. The number of carbonyl (C=O) groups is 3. The molecule has 2 aromatic rings. The number of amides is 3. The molecule has 1 saturated heterocycles. The second-order valence-corrected chi connectivity index (χ2v) is 7.23. The average molecular weight is 404 g/mol. The molecule has 0 radical (unpaired) electrons. The van der Waals surface area contributed by atoms with Crippen LogP contribution < -0.4 is 16.8 Å². The van der Waals surface area contributed by atoms with Crippen LogP contribution >= 0.6 is 0 Å². The minimum atomic E-state index is -0.978. The van der Waals surface area contributed by atoms with Gasteiger partial charge in [-0.1, -0.05) is 0 Å². The zero-order valence-electron chi connectivity index (χ0n) is 16.3. The molecule has 29 heavy (non-hydrogen) atoms. The molecular weight excluding hydrogens is 380 g/mol. The Morgan fingerprint density at radius 3 is 2.62 bits per heavy atom. The number of oxazole rings is 1. The molecule has 0 aliphatic carbocycles. The third-order valence-electron chi connectivity index (χ3n) is 5.24. The SMILES string of the molecule is CC(OC(N)=O)C(=O)N1CCC(C(C)NC(=O)c2ccc3[nH]c(=O)oc3c2)CC1. The van der Waals surface area contributed by atoms with Crippen molar-refractivity contribution in [1.29, 1.82) is 0 Å². The Bertz CT molecular complexity index is 972. The number of nitrogens with one attached hydrogen (secondary N) is 2. The summed E-state index contributed by atoms with van der Waals surface area (Å²) in [5, 5.41) is 2.97. The van der Waals surface area contributed by atoms with Gasteiger partial charge in [0.2, 0.25) is 0 Å². The Balaban J connectivity index is 1.54. The quantitative estimate of drug-likeness (QED) is 0.676. The molecule has 1 aliphatic rings. The molecule has 3 amide bonds. The lowest BCUT2D eigenvalue weighted by molar-refractivity contribution is -0.140. The molecule has 0 spiro atoms. The number of likely N-dealkylation sites (tertiary alicyclic amines) is 1. The van der Waals surface area contributed by atoms with Crippen molar-refractivity contribution in [2.24, 2.45) is 11.7 Å². The highest BCUT2D eigenvalue weighted by atomic mass is 16.6. The highest BCUT2D eigenvalue weighted by molar-refractivity contribution is 5.97. The molecule has 4 N–H and O–H groups in total. The van der Waals surface area contributed by atoms with Gasteiger partial charge in [-0.25, -0.2) is 9.59 Å². The molecule has 156 valence electrons. The van der Waals surface area contributed by atoms with E-state index in [-0.39, 0.29) is 23.8 Å². The molecule has 10 nitrogen and oxygen atoms in total. The topological polar surface area (TPSA) is 148 Å². The fourth-order valence-corrected chi connectivity index (χ4v) is 3.60. The zero-order chi connectivity index (χ0) is 21.1. The number of piperidine rings is 1. The van der Waals surface area contributed by atoms with Crippen molar-refractivity contribution in [1.82, 2.24) is 15.2 Å². The molecule has 0 bridgehead atoms. The number of ether oxygens (including phenoxy) is 1. The maximum atomic E-state index is 12.5. The molecule has 1 aromatic heterocycles. The average Bonchev–Trinajstić information content (AvgIpc) is 3.06. The van der Waals surface area contributed by atoms with Gasteiger partial charge in [0.15, 0.2) is 11.7 Å². The van der Waals surface area contributed by atoms with Crippen molar-refractivity contribution in [3.8, 4) is 0 Å². The van der Waals surface area contributed by atoms with E-state index in [1.54, 1.807) is 17.0 Å². The normalized spacial score (nSPS) is 17.0. The Morgan fingerprint density at radius 1 is 1.28 bits per heavy atom. The van der Waals surface area contributed by atoms with Gasteiger partial charge in [0.1, 0.15) is 0 Å². The number of hydrogen-bond donors (Lipinski definition) is 3. The number of aromatic nitrogens is 1. The van der Waals surface area contributed by atoms with Crippen LogP contribution in [0.4, 0.5) is 4.79 Å². The van der Waals surface area contributed by atoms with Gasteiger partial charge in [0.05, 0.1) is 5.52 Å². The van der Waals surface area contributed by atoms with Crippen molar-refractivity contribution < 1.29 is 23.5 Å². The molecule has 10 heteroatoms. The number of nitrogens with two attached hydrogens (primary N) is 1. The van der Waals surface area contributed by atoms with E-state index in [0.29, 0.717) is 42.6 Å². The number of benzene rings is 1. The van der Waals surface area contributed by atoms with Gasteiger partial charge >= 0.3 is 11.8 Å². The lowest BCUT2D eigenvalue weighted by Crippen LogP contribution is -2.48. The second kappa shape index (κ2) is 8.38. The first-order chi connectivity index (χ1) is 13.7. The van der Waals surface area contributed by atoms with Crippen LogP contribution in [0.25, 0.3) is 11.1 Å². The highest BCUT2D eigenvalue weighted by Gasteiger charge is 2.30. The van der Waals surface area contributed by atoms with Crippen LogP contribution in [0.5, 0.6) is 0 Å². The van der Waals surface area contributed by atoms with E-state index in [4.69, 9.17) is 14.9 Å². The van der Waals surface area contributed by atoms with E-state index in [9.17, 15) is 19.2 Å². The second-order valence-electron chi connectivity index (χ2n) is 7.23. The fraction of sp³-hybridized carbons (Fsp3) is 0.474. The van der Waals surface area contributed by atoms with Crippen LogP contribution in [0.3, 0.4) is 0 Å². The summed E-state index contributed by atoms with van der Waals surface area (Å²) >= 11 is 0. The van der Waals surface area contributed by atoms with Gasteiger partial charge in [-0.3, -0.25) is 14.6 Å². The van der Waals surface area contributed by atoms with E-state index in [2.05, 4.69) is 10.3 Å². The van der Waals surface area contributed by atoms with Gasteiger partial charge in [-0.15, -0.1) is 0 Å². The van der Waals surface area contributed by atoms with E-state index in [1.807, 2.05) is 6.92 Å². The number of fused-ring (bicyclic) bond motifs is 1. The van der Waals surface area contributed by atoms with Crippen LogP contribution in [-0.2, 0) is 9.53 Å². The van der Waals surface area contributed by atoms with Gasteiger partial charge in [-0.05, 0) is 50.8 Å². The summed E-state index contributed by atoms with van der Waals surface area (Å²) in [7, 11) is 0. The molecule has 2 heterocycles. The number of carbonyl (C=O) groups excluding carboxylic acids is 3. The number of rotatable bonds is 5. The molecule has 1 fully saturated rings. The van der Waals surface area contributed by atoms with Crippen molar-refractivity contribution in [2.75, 3.05) is 13.1 Å². The number of nitrogens with zero attached hydrogens (tertiary/aromatic N) is 1.